The van der Waals surface area contributed by atoms with Crippen LogP contribution in [0.4, 0.5) is 11.8 Å². The number of nitrogens with one attached hydrogen (secondary N) is 1. The number of anilines is 2. The third-order valence-corrected chi connectivity index (χ3v) is 3.87. The molecular weight excluding hydrogens is 286 g/mol. The molecule has 5 nitrogen and oxygen atoms in total. The summed E-state index contributed by atoms with van der Waals surface area (Å²) in [6.45, 7) is 4.12. The largest absolute Gasteiger partial charge is 0.385 e. The first-order valence-electron chi connectivity index (χ1n) is 7.47. The van der Waals surface area contributed by atoms with E-state index in [9.17, 15) is 0 Å². The molecule has 0 fully saturated rings. The van der Waals surface area contributed by atoms with Crippen molar-refractivity contribution in [2.75, 3.05) is 11.5 Å². The first kappa shape index (κ1) is 15.0. The van der Waals surface area contributed by atoms with E-state index in [1.807, 2.05) is 42.8 Å². The fourth-order valence-corrected chi connectivity index (χ4v) is 2.60. The van der Waals surface area contributed by atoms with Crippen molar-refractivity contribution in [2.45, 2.75) is 13.8 Å². The van der Waals surface area contributed by atoms with Crippen LogP contribution >= 0.6 is 0 Å². The van der Waals surface area contributed by atoms with E-state index in [0.29, 0.717) is 5.95 Å². The van der Waals surface area contributed by atoms with Crippen LogP contribution in [0.15, 0.2) is 42.5 Å². The van der Waals surface area contributed by atoms with Crippen molar-refractivity contribution in [2.24, 2.45) is 7.05 Å². The second-order valence-corrected chi connectivity index (χ2v) is 5.84. The number of aromatic amines is 1. The van der Waals surface area contributed by atoms with E-state index < -0.39 is 0 Å². The summed E-state index contributed by atoms with van der Waals surface area (Å²) in [6.07, 6.45) is 0. The van der Waals surface area contributed by atoms with Crippen LogP contribution in [0.5, 0.6) is 0 Å². The fourth-order valence-electron chi connectivity index (χ4n) is 2.60. The van der Waals surface area contributed by atoms with E-state index in [1.54, 1.807) is 0 Å². The first-order chi connectivity index (χ1) is 10.9. The Labute approximate surface area is 134 Å². The van der Waals surface area contributed by atoms with Crippen molar-refractivity contribution in [3.8, 4) is 0 Å². The van der Waals surface area contributed by atoms with Crippen molar-refractivity contribution < 1.29 is 0 Å². The number of H-pyrrole nitrogens is 1. The van der Waals surface area contributed by atoms with Gasteiger partial charge in [0.1, 0.15) is 5.82 Å². The number of nitrogens with zero attached hydrogens (tertiary/aromatic N) is 2. The van der Waals surface area contributed by atoms with Crippen molar-refractivity contribution in [3.63, 3.8) is 0 Å². The van der Waals surface area contributed by atoms with Gasteiger partial charge < -0.3 is 21.0 Å². The highest BCUT2D eigenvalue weighted by Crippen LogP contribution is 2.18. The zero-order valence-electron chi connectivity index (χ0n) is 13.6. The summed E-state index contributed by atoms with van der Waals surface area (Å²) in [5.74, 6) is 1.29. The monoisotopic (exact) mass is 307 g/mol. The lowest BCUT2D eigenvalue weighted by Crippen LogP contribution is -1.95. The second-order valence-electron chi connectivity index (χ2n) is 5.84. The van der Waals surface area contributed by atoms with Crippen molar-refractivity contribution in [1.82, 2.24) is 14.5 Å². The highest BCUT2D eigenvalue weighted by atomic mass is 15.1. The minimum Gasteiger partial charge on any atom is -0.385 e. The average molecular weight is 307 g/mol. The number of nitrogens with two attached hydrogens (primary N) is 2. The van der Waals surface area contributed by atoms with Gasteiger partial charge in [-0.25, -0.2) is 4.98 Å². The topological polar surface area (TPSA) is 85.7 Å². The predicted molar refractivity (Wildman–Crippen MR) is 97.3 cm³/mol. The van der Waals surface area contributed by atoms with Crippen LogP contribution < -0.4 is 11.5 Å². The third-order valence-electron chi connectivity index (χ3n) is 3.87. The molecule has 0 saturated heterocycles. The molecule has 118 valence electrons. The number of rotatable bonds is 0. The van der Waals surface area contributed by atoms with Gasteiger partial charge in [-0.2, -0.15) is 0 Å². The van der Waals surface area contributed by atoms with Gasteiger partial charge in [0.15, 0.2) is 0 Å². The molecule has 0 saturated carbocycles. The van der Waals surface area contributed by atoms with Crippen molar-refractivity contribution in [3.05, 3.63) is 53.6 Å². The lowest BCUT2D eigenvalue weighted by molar-refractivity contribution is 0.965. The van der Waals surface area contributed by atoms with Gasteiger partial charge >= 0.3 is 0 Å². The van der Waals surface area contributed by atoms with Crippen molar-refractivity contribution in [1.29, 1.82) is 0 Å². The summed E-state index contributed by atoms with van der Waals surface area (Å²) in [7, 11) is 1.92. The number of hydrogen-bond donors (Lipinski definition) is 3. The highest BCUT2D eigenvalue weighted by Gasteiger charge is 2.02. The maximum absolute atomic E-state index is 5.65. The summed E-state index contributed by atoms with van der Waals surface area (Å²) >= 11 is 0. The Morgan fingerprint density at radius 1 is 0.957 bits per heavy atom. The third kappa shape index (κ3) is 2.99. The molecule has 0 aliphatic heterocycles. The maximum Gasteiger partial charge on any atom is 0.200 e. The average Bonchev–Trinajstić information content (AvgIpc) is 2.98. The molecule has 0 atom stereocenters. The second kappa shape index (κ2) is 5.68. The number of aryl methyl sites for hydroxylation is 3. The molecule has 0 amide bonds. The van der Waals surface area contributed by atoms with E-state index in [0.717, 1.165) is 22.4 Å². The zero-order chi connectivity index (χ0) is 16.6. The van der Waals surface area contributed by atoms with Gasteiger partial charge in [-0.05, 0) is 49.7 Å². The number of fused-ring (bicyclic) bond motifs is 2. The fraction of sp³-hybridized carbons (Fsp3) is 0.167. The minimum atomic E-state index is 0.565. The summed E-state index contributed by atoms with van der Waals surface area (Å²) in [6, 6.07) is 14.3. The smallest absolute Gasteiger partial charge is 0.200 e. The molecule has 0 aliphatic rings. The molecule has 5 heteroatoms. The van der Waals surface area contributed by atoms with Gasteiger partial charge in [-0.15, -0.1) is 0 Å². The molecule has 2 heterocycles. The number of nitrogen functional groups attached to an aromatic ring is 2. The van der Waals surface area contributed by atoms with E-state index in [-0.39, 0.29) is 0 Å². The molecule has 0 radical (unpaired) electrons. The Morgan fingerprint density at radius 2 is 1.65 bits per heavy atom. The van der Waals surface area contributed by atoms with E-state index in [1.165, 1.54) is 16.5 Å². The highest BCUT2D eigenvalue weighted by molar-refractivity contribution is 5.83. The molecule has 0 aliphatic carbocycles. The summed E-state index contributed by atoms with van der Waals surface area (Å²) in [5, 5.41) is 1.18. The van der Waals surface area contributed by atoms with Gasteiger partial charge in [0, 0.05) is 18.0 Å². The van der Waals surface area contributed by atoms with Crippen LogP contribution in [0.1, 0.15) is 11.1 Å². The lowest BCUT2D eigenvalue weighted by atomic mass is 10.2. The Bertz CT molecular complexity index is 978. The zero-order valence-corrected chi connectivity index (χ0v) is 13.6. The number of benzene rings is 2. The standard InChI is InChI=1S/C9H11N3.C9H10N2/c1-6-3-4-8-7(5-6)11-9(10)12(8)2;1-6-2-3-8-7(4-6)5-9(10)11-8/h3-5H,1-2H3,(H2,10,11);2-5,11H,10H2,1H3. The van der Waals surface area contributed by atoms with Crippen LogP contribution in [0.3, 0.4) is 0 Å². The Morgan fingerprint density at radius 3 is 2.43 bits per heavy atom. The molecule has 0 spiro atoms. The van der Waals surface area contributed by atoms with Crippen LogP contribution in [-0.4, -0.2) is 14.5 Å². The van der Waals surface area contributed by atoms with Gasteiger partial charge in [0.25, 0.3) is 0 Å². The SMILES string of the molecule is Cc1ccc2[nH]c(N)cc2c1.Cc1ccc2c(c1)nc(N)n2C. The lowest BCUT2D eigenvalue weighted by Gasteiger charge is -1.95. The van der Waals surface area contributed by atoms with Gasteiger partial charge in [-0.1, -0.05) is 17.7 Å². The summed E-state index contributed by atoms with van der Waals surface area (Å²) in [5.41, 5.74) is 16.9. The molecule has 0 bridgehead atoms. The molecule has 23 heavy (non-hydrogen) atoms. The molecule has 4 aromatic rings. The minimum absolute atomic E-state index is 0.565. The Balaban J connectivity index is 0.000000136. The summed E-state index contributed by atoms with van der Waals surface area (Å²) in [4.78, 5) is 7.28. The van der Waals surface area contributed by atoms with Crippen LogP contribution in [0.25, 0.3) is 21.9 Å². The molecular formula is C18H21N5. The molecule has 0 unspecified atom stereocenters. The van der Waals surface area contributed by atoms with Crippen LogP contribution in [0.2, 0.25) is 0 Å². The molecule has 5 N–H and O–H groups in total. The van der Waals surface area contributed by atoms with E-state index in [4.69, 9.17) is 11.5 Å². The Kier molecular flexibility index (Phi) is 3.70. The molecule has 2 aromatic heterocycles. The van der Waals surface area contributed by atoms with Crippen molar-refractivity contribution >= 4 is 33.7 Å². The normalized spacial score (nSPS) is 10.7. The number of imidazole rings is 1. The summed E-state index contributed by atoms with van der Waals surface area (Å²) < 4.78 is 1.88. The van der Waals surface area contributed by atoms with E-state index >= 15 is 0 Å². The molecule has 2 aromatic carbocycles. The van der Waals surface area contributed by atoms with Crippen LogP contribution in [-0.2, 0) is 7.05 Å². The Hall–Kier alpha value is -2.95. The quantitative estimate of drug-likeness (QED) is 0.464. The predicted octanol–water partition coefficient (Wildman–Crippen LogP) is 3.52. The first-order valence-corrected chi connectivity index (χ1v) is 7.47. The maximum atomic E-state index is 5.65. The number of hydrogen-bond acceptors (Lipinski definition) is 3. The van der Waals surface area contributed by atoms with Gasteiger partial charge in [-0.3, -0.25) is 0 Å². The van der Waals surface area contributed by atoms with Gasteiger partial charge in [0.2, 0.25) is 5.95 Å². The van der Waals surface area contributed by atoms with Crippen LogP contribution in [0, 0.1) is 13.8 Å². The van der Waals surface area contributed by atoms with Gasteiger partial charge in [0.05, 0.1) is 11.0 Å². The van der Waals surface area contributed by atoms with E-state index in [2.05, 4.69) is 35.1 Å². The number of aromatic nitrogens is 3. The molecule has 4 rings (SSSR count).